The van der Waals surface area contributed by atoms with E-state index in [2.05, 4.69) is 0 Å². The summed E-state index contributed by atoms with van der Waals surface area (Å²) in [6.07, 6.45) is 0.373. The van der Waals surface area contributed by atoms with Crippen LogP contribution in [0.15, 0.2) is 18.2 Å². The minimum absolute atomic E-state index is 0.0199. The van der Waals surface area contributed by atoms with Crippen LogP contribution < -0.4 is 10.5 Å². The molecule has 0 heterocycles. The average molecular weight is 239 g/mol. The first kappa shape index (κ1) is 13.3. The average Bonchev–Trinajstić information content (AvgIpc) is 2.29. The largest absolute Gasteiger partial charge is 0.504 e. The summed E-state index contributed by atoms with van der Waals surface area (Å²) < 4.78 is 5.23. The Kier molecular flexibility index (Phi) is 4.78. The highest BCUT2D eigenvalue weighted by Gasteiger charge is 2.11. The zero-order chi connectivity index (χ0) is 12.8. The first-order chi connectivity index (χ1) is 8.04. The molecule has 1 unspecified atom stereocenters. The fourth-order valence-electron chi connectivity index (χ4n) is 1.48. The van der Waals surface area contributed by atoms with Crippen LogP contribution in [0.3, 0.4) is 0 Å². The molecule has 1 rings (SSSR count). The molecule has 0 aliphatic heterocycles. The number of carboxylic acids is 1. The number of nitrogens with two attached hydrogens (primary N) is 1. The van der Waals surface area contributed by atoms with Crippen LogP contribution >= 0.6 is 0 Å². The van der Waals surface area contributed by atoms with Crippen LogP contribution in [0.5, 0.6) is 11.5 Å². The molecule has 0 bridgehead atoms. The summed E-state index contributed by atoms with van der Waals surface area (Å²) in [6, 6.07) is 4.45. The van der Waals surface area contributed by atoms with E-state index in [1.807, 2.05) is 6.92 Å². The van der Waals surface area contributed by atoms with E-state index in [1.165, 1.54) is 6.07 Å². The third-order valence-electron chi connectivity index (χ3n) is 2.38. The van der Waals surface area contributed by atoms with Gasteiger partial charge in [0.15, 0.2) is 11.5 Å². The first-order valence-corrected chi connectivity index (χ1v) is 5.47. The Labute approximate surface area is 99.8 Å². The van der Waals surface area contributed by atoms with Crippen LogP contribution in [0.1, 0.15) is 31.4 Å². The fourth-order valence-corrected chi connectivity index (χ4v) is 1.48. The molecule has 17 heavy (non-hydrogen) atoms. The maximum Gasteiger partial charge on any atom is 0.303 e. The molecule has 0 radical (unpaired) electrons. The number of carboxylic acid groups (broad SMARTS) is 1. The second-order valence-corrected chi connectivity index (χ2v) is 3.70. The third kappa shape index (κ3) is 3.96. The molecule has 1 aromatic carbocycles. The molecular formula is C12H17NO4. The van der Waals surface area contributed by atoms with Crippen LogP contribution in [0, 0.1) is 0 Å². The number of phenolic OH excluding ortho intramolecular Hbond substituents is 1. The lowest BCUT2D eigenvalue weighted by atomic mass is 10.0. The zero-order valence-corrected chi connectivity index (χ0v) is 9.72. The second-order valence-electron chi connectivity index (χ2n) is 3.70. The molecule has 1 aromatic rings. The molecule has 0 fully saturated rings. The van der Waals surface area contributed by atoms with Gasteiger partial charge in [0.2, 0.25) is 0 Å². The van der Waals surface area contributed by atoms with Crippen molar-refractivity contribution in [2.45, 2.75) is 25.8 Å². The summed E-state index contributed by atoms with van der Waals surface area (Å²) in [5.74, 6) is -0.443. The lowest BCUT2D eigenvalue weighted by Gasteiger charge is -2.13. The lowest BCUT2D eigenvalue weighted by molar-refractivity contribution is -0.137. The van der Waals surface area contributed by atoms with Gasteiger partial charge in [-0.05, 0) is 31.0 Å². The molecule has 4 N–H and O–H groups in total. The highest BCUT2D eigenvalue weighted by Crippen LogP contribution is 2.29. The quantitative estimate of drug-likeness (QED) is 0.702. The number of phenols is 1. The molecule has 0 saturated heterocycles. The van der Waals surface area contributed by atoms with E-state index in [0.717, 1.165) is 5.56 Å². The van der Waals surface area contributed by atoms with Gasteiger partial charge in [0.05, 0.1) is 6.61 Å². The standard InChI is InChI=1S/C12H17NO4/c1-2-17-11-7-8(3-5-10(11)14)9(13)4-6-12(15)16/h3,5,7,9,14H,2,4,6,13H2,1H3,(H,15,16). The van der Waals surface area contributed by atoms with Crippen LogP contribution in [0.4, 0.5) is 0 Å². The van der Waals surface area contributed by atoms with Gasteiger partial charge >= 0.3 is 5.97 Å². The predicted molar refractivity (Wildman–Crippen MR) is 63.1 cm³/mol. The molecule has 5 nitrogen and oxygen atoms in total. The maximum absolute atomic E-state index is 10.4. The smallest absolute Gasteiger partial charge is 0.303 e. The molecule has 0 amide bonds. The maximum atomic E-state index is 10.4. The van der Waals surface area contributed by atoms with Crippen LogP contribution in [0.25, 0.3) is 0 Å². The molecule has 94 valence electrons. The number of benzene rings is 1. The van der Waals surface area contributed by atoms with E-state index >= 15 is 0 Å². The van der Waals surface area contributed by atoms with Gasteiger partial charge < -0.3 is 20.7 Å². The van der Waals surface area contributed by atoms with E-state index in [1.54, 1.807) is 12.1 Å². The summed E-state index contributed by atoms with van der Waals surface area (Å²) in [5, 5.41) is 18.1. The monoisotopic (exact) mass is 239 g/mol. The molecule has 0 spiro atoms. The van der Waals surface area contributed by atoms with Gasteiger partial charge in [-0.15, -0.1) is 0 Å². The molecule has 5 heteroatoms. The zero-order valence-electron chi connectivity index (χ0n) is 9.72. The summed E-state index contributed by atoms with van der Waals surface area (Å²) in [6.45, 7) is 2.26. The Morgan fingerprint density at radius 2 is 2.24 bits per heavy atom. The lowest BCUT2D eigenvalue weighted by Crippen LogP contribution is -2.12. The van der Waals surface area contributed by atoms with E-state index in [9.17, 15) is 9.90 Å². The number of aliphatic carboxylic acids is 1. The first-order valence-electron chi connectivity index (χ1n) is 5.47. The highest BCUT2D eigenvalue weighted by molar-refractivity contribution is 5.66. The fraction of sp³-hybridized carbons (Fsp3) is 0.417. The molecule has 0 aromatic heterocycles. The summed E-state index contributed by atoms with van der Waals surface area (Å²) >= 11 is 0. The summed E-state index contributed by atoms with van der Waals surface area (Å²) in [7, 11) is 0. The highest BCUT2D eigenvalue weighted by atomic mass is 16.5. The molecule has 0 aliphatic rings. The SMILES string of the molecule is CCOc1cc(C(N)CCC(=O)O)ccc1O. The Balaban J connectivity index is 2.76. The van der Waals surface area contributed by atoms with Crippen molar-refractivity contribution >= 4 is 5.97 Å². The Morgan fingerprint density at radius 1 is 1.53 bits per heavy atom. The van der Waals surface area contributed by atoms with E-state index < -0.39 is 5.97 Å². The van der Waals surface area contributed by atoms with E-state index in [0.29, 0.717) is 18.8 Å². The molecule has 0 saturated carbocycles. The van der Waals surface area contributed by atoms with Crippen molar-refractivity contribution in [1.82, 2.24) is 0 Å². The number of hydrogen-bond donors (Lipinski definition) is 3. The van der Waals surface area contributed by atoms with Crippen molar-refractivity contribution in [3.63, 3.8) is 0 Å². The van der Waals surface area contributed by atoms with E-state index in [-0.39, 0.29) is 18.2 Å². The third-order valence-corrected chi connectivity index (χ3v) is 2.38. The molecular weight excluding hydrogens is 222 g/mol. The Morgan fingerprint density at radius 3 is 2.82 bits per heavy atom. The number of hydrogen-bond acceptors (Lipinski definition) is 4. The van der Waals surface area contributed by atoms with Crippen molar-refractivity contribution in [3.05, 3.63) is 23.8 Å². The number of rotatable bonds is 6. The minimum Gasteiger partial charge on any atom is -0.504 e. The van der Waals surface area contributed by atoms with Crippen molar-refractivity contribution < 1.29 is 19.7 Å². The Bertz CT molecular complexity index is 392. The summed E-state index contributed by atoms with van der Waals surface area (Å²) in [4.78, 5) is 10.4. The van der Waals surface area contributed by atoms with Crippen LogP contribution in [-0.2, 0) is 4.79 Å². The van der Waals surface area contributed by atoms with Crippen LogP contribution in [0.2, 0.25) is 0 Å². The molecule has 1 atom stereocenters. The normalized spacial score (nSPS) is 12.1. The van der Waals surface area contributed by atoms with Gasteiger partial charge in [-0.25, -0.2) is 0 Å². The van der Waals surface area contributed by atoms with Gasteiger partial charge in [-0.3, -0.25) is 4.79 Å². The Hall–Kier alpha value is -1.75. The number of carbonyl (C=O) groups is 1. The predicted octanol–water partition coefficient (Wildman–Crippen LogP) is 1.66. The summed E-state index contributed by atoms with van der Waals surface area (Å²) in [5.41, 5.74) is 6.61. The van der Waals surface area contributed by atoms with Gasteiger partial charge in [-0.1, -0.05) is 6.07 Å². The van der Waals surface area contributed by atoms with Gasteiger partial charge in [-0.2, -0.15) is 0 Å². The number of aromatic hydroxyl groups is 1. The van der Waals surface area contributed by atoms with Gasteiger partial charge in [0.1, 0.15) is 0 Å². The van der Waals surface area contributed by atoms with Crippen molar-refractivity contribution in [2.75, 3.05) is 6.61 Å². The van der Waals surface area contributed by atoms with Gasteiger partial charge in [0, 0.05) is 12.5 Å². The van der Waals surface area contributed by atoms with Crippen molar-refractivity contribution in [2.24, 2.45) is 5.73 Å². The van der Waals surface area contributed by atoms with Gasteiger partial charge in [0.25, 0.3) is 0 Å². The number of ether oxygens (including phenoxy) is 1. The van der Waals surface area contributed by atoms with Crippen LogP contribution in [-0.4, -0.2) is 22.8 Å². The topological polar surface area (TPSA) is 92.8 Å². The van der Waals surface area contributed by atoms with Crippen molar-refractivity contribution in [1.29, 1.82) is 0 Å². The minimum atomic E-state index is -0.871. The van der Waals surface area contributed by atoms with E-state index in [4.69, 9.17) is 15.6 Å². The second kappa shape index (κ2) is 6.10. The molecule has 0 aliphatic carbocycles. The van der Waals surface area contributed by atoms with Crippen molar-refractivity contribution in [3.8, 4) is 11.5 Å².